The molecule has 2 aromatic rings. The van der Waals surface area contributed by atoms with Crippen LogP contribution in [0.2, 0.25) is 0 Å². The number of carbonyl (C=O) groups excluding carboxylic acids is 3. The van der Waals surface area contributed by atoms with Gasteiger partial charge >= 0.3 is 6.03 Å². The molecule has 0 aromatic heterocycles. The molecule has 4 amide bonds. The summed E-state index contributed by atoms with van der Waals surface area (Å²) in [6.45, 7) is 5.06. The van der Waals surface area contributed by atoms with Gasteiger partial charge in [-0.05, 0) is 55.7 Å². The van der Waals surface area contributed by atoms with Crippen LogP contribution in [0.15, 0.2) is 48.5 Å². The zero-order valence-electron chi connectivity index (χ0n) is 22.5. The molecule has 2 aromatic carbocycles. The molecule has 38 heavy (non-hydrogen) atoms. The molecule has 2 N–H and O–H groups in total. The Morgan fingerprint density at radius 3 is 2.53 bits per heavy atom. The first-order valence-electron chi connectivity index (χ1n) is 14.2. The Labute approximate surface area is 226 Å². The van der Waals surface area contributed by atoms with Crippen molar-refractivity contribution in [2.75, 3.05) is 19.6 Å². The third-order valence-corrected chi connectivity index (χ3v) is 8.51. The fourth-order valence-corrected chi connectivity index (χ4v) is 6.29. The number of carbonyl (C=O) groups is 3. The van der Waals surface area contributed by atoms with Gasteiger partial charge in [0.25, 0.3) is 0 Å². The Morgan fingerprint density at radius 2 is 1.71 bits per heavy atom. The summed E-state index contributed by atoms with van der Waals surface area (Å²) < 4.78 is 0. The zero-order valence-corrected chi connectivity index (χ0v) is 22.5. The lowest BCUT2D eigenvalue weighted by Crippen LogP contribution is -2.50. The number of amides is 4. The second-order valence-corrected chi connectivity index (χ2v) is 11.2. The van der Waals surface area contributed by atoms with Crippen molar-refractivity contribution in [1.29, 1.82) is 0 Å². The van der Waals surface area contributed by atoms with E-state index in [1.54, 1.807) is 0 Å². The zero-order chi connectivity index (χ0) is 26.5. The highest BCUT2D eigenvalue weighted by Gasteiger charge is 2.46. The summed E-state index contributed by atoms with van der Waals surface area (Å²) in [5, 5.41) is 6.20. The number of nitrogens with zero attached hydrogens (tertiary/aromatic N) is 2. The largest absolute Gasteiger partial charge is 0.356 e. The number of nitrogens with one attached hydrogen (secondary N) is 2. The molecule has 0 unspecified atom stereocenters. The van der Waals surface area contributed by atoms with Crippen molar-refractivity contribution in [2.45, 2.75) is 71.0 Å². The molecule has 2 heterocycles. The smallest absolute Gasteiger partial charge is 0.317 e. The van der Waals surface area contributed by atoms with Gasteiger partial charge in [-0.15, -0.1) is 0 Å². The molecule has 0 bridgehead atoms. The number of hydrogen-bond donors (Lipinski definition) is 2. The van der Waals surface area contributed by atoms with E-state index >= 15 is 0 Å². The maximum Gasteiger partial charge on any atom is 0.317 e. The Balaban J connectivity index is 1.32. The molecule has 7 heteroatoms. The van der Waals surface area contributed by atoms with Crippen molar-refractivity contribution < 1.29 is 14.4 Å². The minimum atomic E-state index is -0.371. The van der Waals surface area contributed by atoms with E-state index in [1.807, 2.05) is 53.1 Å². The minimum absolute atomic E-state index is 0.0208. The van der Waals surface area contributed by atoms with Crippen molar-refractivity contribution in [3.05, 3.63) is 70.8 Å². The van der Waals surface area contributed by atoms with Gasteiger partial charge in [-0.25, -0.2) is 4.79 Å². The summed E-state index contributed by atoms with van der Waals surface area (Å²) in [7, 11) is 0. The number of fused-ring (bicyclic) bond motifs is 2. The van der Waals surface area contributed by atoms with Gasteiger partial charge < -0.3 is 20.4 Å². The van der Waals surface area contributed by atoms with Gasteiger partial charge in [-0.3, -0.25) is 9.59 Å². The standard InChI is InChI=1S/C31H40N4O3/c1-22-10-12-23(13-11-22)20-33-31(38)35-16-7-3-2-6-15-32-29(36)27-18-26(19-28(27)35)30(37)34-17-14-24-8-4-5-9-25(24)21-34/h4-5,8-13,26-28H,2-3,6-7,14-21H2,1H3,(H,32,36)(H,33,38)/t26-,27-,28+/m1/s1. The van der Waals surface area contributed by atoms with Gasteiger partial charge in [-0.2, -0.15) is 0 Å². The van der Waals surface area contributed by atoms with E-state index in [-0.39, 0.29) is 35.7 Å². The summed E-state index contributed by atoms with van der Waals surface area (Å²) in [5.74, 6) is -0.528. The van der Waals surface area contributed by atoms with Crippen LogP contribution in [0.4, 0.5) is 4.79 Å². The molecular formula is C31H40N4O3. The number of hydrogen-bond acceptors (Lipinski definition) is 3. The molecule has 0 radical (unpaired) electrons. The predicted octanol–water partition coefficient (Wildman–Crippen LogP) is 4.18. The first-order valence-corrected chi connectivity index (χ1v) is 14.2. The first kappa shape index (κ1) is 26.3. The second-order valence-electron chi connectivity index (χ2n) is 11.2. The van der Waals surface area contributed by atoms with E-state index < -0.39 is 0 Å². The van der Waals surface area contributed by atoms with Crippen LogP contribution in [0.1, 0.15) is 60.8 Å². The predicted molar refractivity (Wildman–Crippen MR) is 147 cm³/mol. The van der Waals surface area contributed by atoms with Gasteiger partial charge in [0.05, 0.1) is 5.92 Å². The highest BCUT2D eigenvalue weighted by molar-refractivity contribution is 5.85. The fraction of sp³-hybridized carbons (Fsp3) is 0.516. The topological polar surface area (TPSA) is 81.8 Å². The van der Waals surface area contributed by atoms with Gasteiger partial charge in [0, 0.05) is 44.7 Å². The Kier molecular flexibility index (Phi) is 8.30. The second kappa shape index (κ2) is 12.0. The van der Waals surface area contributed by atoms with Crippen LogP contribution >= 0.6 is 0 Å². The van der Waals surface area contributed by atoms with E-state index in [1.165, 1.54) is 16.7 Å². The molecule has 3 aliphatic rings. The van der Waals surface area contributed by atoms with Crippen molar-refractivity contribution >= 4 is 17.8 Å². The number of urea groups is 1. The molecule has 202 valence electrons. The molecule has 3 atom stereocenters. The summed E-state index contributed by atoms with van der Waals surface area (Å²) >= 11 is 0. The molecular weight excluding hydrogens is 476 g/mol. The van der Waals surface area contributed by atoms with Gasteiger partial charge in [0.1, 0.15) is 0 Å². The SMILES string of the molecule is Cc1ccc(CNC(=O)N2CCCCCCNC(=O)[C@@H]3C[C@@H](C(=O)N4CCc5ccccc5C4)C[C@@H]32)cc1. The summed E-state index contributed by atoms with van der Waals surface area (Å²) in [5.41, 5.74) is 4.74. The molecule has 5 rings (SSSR count). The third-order valence-electron chi connectivity index (χ3n) is 8.51. The molecule has 2 fully saturated rings. The molecule has 0 spiro atoms. The van der Waals surface area contributed by atoms with Crippen LogP contribution < -0.4 is 10.6 Å². The van der Waals surface area contributed by atoms with Crippen LogP contribution in [0.3, 0.4) is 0 Å². The van der Waals surface area contributed by atoms with E-state index in [0.29, 0.717) is 45.6 Å². The van der Waals surface area contributed by atoms with Crippen LogP contribution in [-0.2, 0) is 29.1 Å². The van der Waals surface area contributed by atoms with Crippen LogP contribution in [0.25, 0.3) is 0 Å². The number of rotatable bonds is 3. The maximum absolute atomic E-state index is 13.7. The molecule has 2 aliphatic heterocycles. The van der Waals surface area contributed by atoms with Crippen molar-refractivity contribution in [3.8, 4) is 0 Å². The van der Waals surface area contributed by atoms with E-state index in [9.17, 15) is 14.4 Å². The van der Waals surface area contributed by atoms with Crippen molar-refractivity contribution in [3.63, 3.8) is 0 Å². The van der Waals surface area contributed by atoms with Crippen molar-refractivity contribution in [1.82, 2.24) is 20.4 Å². The minimum Gasteiger partial charge on any atom is -0.356 e. The van der Waals surface area contributed by atoms with E-state index in [0.717, 1.165) is 37.7 Å². The Hall–Kier alpha value is -3.35. The summed E-state index contributed by atoms with van der Waals surface area (Å²) in [6, 6.07) is 16.0. The van der Waals surface area contributed by atoms with E-state index in [2.05, 4.69) is 22.8 Å². The number of aryl methyl sites for hydroxylation is 1. The van der Waals surface area contributed by atoms with Crippen LogP contribution in [0, 0.1) is 18.8 Å². The normalized spacial score (nSPS) is 24.0. The van der Waals surface area contributed by atoms with E-state index in [4.69, 9.17) is 0 Å². The summed E-state index contributed by atoms with van der Waals surface area (Å²) in [4.78, 5) is 44.4. The van der Waals surface area contributed by atoms with Crippen LogP contribution in [0.5, 0.6) is 0 Å². The van der Waals surface area contributed by atoms with Crippen molar-refractivity contribution in [2.24, 2.45) is 11.8 Å². The third kappa shape index (κ3) is 6.03. The molecule has 7 nitrogen and oxygen atoms in total. The quantitative estimate of drug-likeness (QED) is 0.642. The lowest BCUT2D eigenvalue weighted by molar-refractivity contribution is -0.136. The first-order chi connectivity index (χ1) is 18.5. The van der Waals surface area contributed by atoms with Gasteiger partial charge in [0.15, 0.2) is 0 Å². The average molecular weight is 517 g/mol. The lowest BCUT2D eigenvalue weighted by Gasteiger charge is -2.33. The van der Waals surface area contributed by atoms with Gasteiger partial charge in [-0.1, -0.05) is 66.9 Å². The highest BCUT2D eigenvalue weighted by Crippen LogP contribution is 2.37. The molecule has 1 saturated carbocycles. The fourth-order valence-electron chi connectivity index (χ4n) is 6.29. The lowest BCUT2D eigenvalue weighted by atomic mass is 9.97. The Morgan fingerprint density at radius 1 is 0.947 bits per heavy atom. The average Bonchev–Trinajstić information content (AvgIpc) is 3.37. The molecule has 1 aliphatic carbocycles. The van der Waals surface area contributed by atoms with Crippen LogP contribution in [-0.4, -0.2) is 53.3 Å². The number of benzene rings is 2. The monoisotopic (exact) mass is 516 g/mol. The maximum atomic E-state index is 13.7. The van der Waals surface area contributed by atoms with Gasteiger partial charge in [0.2, 0.25) is 11.8 Å². The Bertz CT molecular complexity index is 1150. The molecule has 1 saturated heterocycles. The highest BCUT2D eigenvalue weighted by atomic mass is 16.2. The summed E-state index contributed by atoms with van der Waals surface area (Å²) in [6.07, 6.45) is 5.78.